The predicted molar refractivity (Wildman–Crippen MR) is 146 cm³/mol. The van der Waals surface area contributed by atoms with E-state index in [0.29, 0.717) is 6.04 Å². The zero-order chi connectivity index (χ0) is 30.2. The van der Waals surface area contributed by atoms with Crippen molar-refractivity contribution in [3.63, 3.8) is 0 Å². The van der Waals surface area contributed by atoms with Gasteiger partial charge in [-0.05, 0) is 68.3 Å². The van der Waals surface area contributed by atoms with Crippen LogP contribution in [0.15, 0.2) is 52.9 Å². The molecule has 0 amide bonds. The second-order valence-corrected chi connectivity index (χ2v) is 10.9. The minimum atomic E-state index is -4.96. The number of hydrogen-bond donors (Lipinski definition) is 0. The molecule has 42 heavy (non-hydrogen) atoms. The Morgan fingerprint density at radius 1 is 0.905 bits per heavy atom. The molecule has 6 nitrogen and oxygen atoms in total. The third-order valence-corrected chi connectivity index (χ3v) is 7.91. The largest absolute Gasteiger partial charge is 0.416 e. The van der Waals surface area contributed by atoms with Gasteiger partial charge in [0.05, 0.1) is 22.3 Å². The van der Waals surface area contributed by atoms with E-state index >= 15 is 0 Å². The molecule has 224 valence electrons. The van der Waals surface area contributed by atoms with E-state index in [0.717, 1.165) is 60.0 Å². The highest BCUT2D eigenvalue weighted by molar-refractivity contribution is 5.79. The third kappa shape index (κ3) is 6.53. The Bertz CT molecular complexity index is 1510. The highest BCUT2D eigenvalue weighted by Crippen LogP contribution is 2.37. The molecule has 2 aromatic carbocycles. The molecular weight excluding hydrogens is 560 g/mol. The van der Waals surface area contributed by atoms with Gasteiger partial charge in [0.15, 0.2) is 0 Å². The molecule has 1 saturated carbocycles. The Labute approximate surface area is 239 Å². The average Bonchev–Trinajstić information content (AvgIpc) is 3.63. The Kier molecular flexibility index (Phi) is 8.19. The zero-order valence-electron chi connectivity index (χ0n) is 23.4. The van der Waals surface area contributed by atoms with Crippen molar-refractivity contribution >= 4 is 16.9 Å². The minimum Gasteiger partial charge on any atom is -0.408 e. The van der Waals surface area contributed by atoms with Crippen molar-refractivity contribution in [2.75, 3.05) is 11.9 Å². The smallest absolute Gasteiger partial charge is 0.408 e. The molecule has 1 aliphatic carbocycles. The molecule has 12 heteroatoms. The molecule has 4 aromatic rings. The number of aromatic nitrogens is 3. The number of rotatable bonds is 8. The van der Waals surface area contributed by atoms with Gasteiger partial charge in [0.2, 0.25) is 5.89 Å². The van der Waals surface area contributed by atoms with Crippen LogP contribution in [0, 0.1) is 6.92 Å². The number of fused-ring (bicyclic) bond motifs is 1. The van der Waals surface area contributed by atoms with Gasteiger partial charge >= 0.3 is 18.4 Å². The first-order valence-electron chi connectivity index (χ1n) is 13.7. The molecule has 0 aliphatic heterocycles. The average molecular weight is 592 g/mol. The van der Waals surface area contributed by atoms with Gasteiger partial charge < -0.3 is 9.32 Å². The first kappa shape index (κ1) is 29.8. The summed E-state index contributed by atoms with van der Waals surface area (Å²) in [4.78, 5) is 8.77. The van der Waals surface area contributed by atoms with E-state index in [2.05, 4.69) is 29.1 Å². The molecule has 2 heterocycles. The molecule has 5 rings (SSSR count). The fraction of sp³-hybridized carbons (Fsp3) is 0.433. The van der Waals surface area contributed by atoms with Crippen molar-refractivity contribution in [1.29, 1.82) is 0 Å². The van der Waals surface area contributed by atoms with Crippen LogP contribution in [0.1, 0.15) is 72.5 Å². The van der Waals surface area contributed by atoms with E-state index in [-0.39, 0.29) is 42.7 Å². The van der Waals surface area contributed by atoms with Gasteiger partial charge in [0, 0.05) is 37.5 Å². The highest BCUT2D eigenvalue weighted by Gasteiger charge is 2.37. The second kappa shape index (κ2) is 11.5. The molecule has 0 bridgehead atoms. The lowest BCUT2D eigenvalue weighted by Gasteiger charge is -2.32. The van der Waals surface area contributed by atoms with Crippen LogP contribution in [-0.4, -0.2) is 33.2 Å². The fourth-order valence-corrected chi connectivity index (χ4v) is 5.63. The molecule has 1 atom stereocenters. The number of alkyl halides is 6. The van der Waals surface area contributed by atoms with E-state index in [1.165, 1.54) is 4.90 Å². The van der Waals surface area contributed by atoms with Gasteiger partial charge in [-0.3, -0.25) is 9.88 Å². The predicted octanol–water partition coefficient (Wildman–Crippen LogP) is 8.11. The lowest BCUT2D eigenvalue weighted by atomic mass is 10.0. The van der Waals surface area contributed by atoms with Crippen LogP contribution in [0.5, 0.6) is 0 Å². The summed E-state index contributed by atoms with van der Waals surface area (Å²) in [6, 6.07) is 11.4. The number of benzene rings is 2. The first-order chi connectivity index (χ1) is 19.8. The zero-order valence-corrected chi connectivity index (χ0v) is 23.4. The van der Waals surface area contributed by atoms with Crippen LogP contribution in [0.3, 0.4) is 0 Å². The number of hydrogen-bond acceptors (Lipinski definition) is 6. The van der Waals surface area contributed by atoms with Crippen molar-refractivity contribution in [2.45, 2.75) is 77.1 Å². The summed E-state index contributed by atoms with van der Waals surface area (Å²) in [5, 5.41) is 8.75. The van der Waals surface area contributed by atoms with Crippen molar-refractivity contribution in [1.82, 2.24) is 20.1 Å². The van der Waals surface area contributed by atoms with Crippen LogP contribution in [0.2, 0.25) is 0 Å². The van der Waals surface area contributed by atoms with Crippen LogP contribution in [0.4, 0.5) is 32.4 Å². The second-order valence-electron chi connectivity index (χ2n) is 10.9. The fourth-order valence-electron chi connectivity index (χ4n) is 5.63. The Balaban J connectivity index is 1.58. The molecule has 0 saturated heterocycles. The van der Waals surface area contributed by atoms with Gasteiger partial charge in [-0.15, -0.1) is 5.10 Å². The van der Waals surface area contributed by atoms with Gasteiger partial charge in [-0.25, -0.2) is 0 Å². The summed E-state index contributed by atoms with van der Waals surface area (Å²) in [5.41, 5.74) is -0.646. The first-order valence-corrected chi connectivity index (χ1v) is 13.7. The van der Waals surface area contributed by atoms with Crippen LogP contribution in [-0.2, 0) is 25.4 Å². The molecule has 0 N–H and O–H groups in total. The maximum absolute atomic E-state index is 13.6. The van der Waals surface area contributed by atoms with E-state index in [9.17, 15) is 26.3 Å². The highest BCUT2D eigenvalue weighted by atomic mass is 19.4. The molecule has 1 fully saturated rings. The topological polar surface area (TPSA) is 58.3 Å². The number of pyridine rings is 1. The Morgan fingerprint density at radius 3 is 2.14 bits per heavy atom. The van der Waals surface area contributed by atoms with E-state index in [1.54, 1.807) is 6.92 Å². The van der Waals surface area contributed by atoms with Crippen molar-refractivity contribution in [3.8, 4) is 0 Å². The molecule has 1 aliphatic rings. The molecule has 0 radical (unpaired) electrons. The normalized spacial score (nSPS) is 15.6. The van der Waals surface area contributed by atoms with Gasteiger partial charge in [0.1, 0.15) is 0 Å². The molecule has 2 aromatic heterocycles. The van der Waals surface area contributed by atoms with Gasteiger partial charge in [0.25, 0.3) is 0 Å². The van der Waals surface area contributed by atoms with Crippen molar-refractivity contribution in [2.24, 2.45) is 0 Å². The maximum Gasteiger partial charge on any atom is 0.416 e. The quantitative estimate of drug-likeness (QED) is 0.193. The summed E-state index contributed by atoms with van der Waals surface area (Å²) in [7, 11) is 2.06. The standard InChI is InChI=1S/C30H31F6N5O/c1-18(40(3)25-9-5-6-10-25)27-22(14-21-8-4-7-11-26(21)37-27)17-41(28-39-38-19(2)42-28)16-20-12-23(29(31,32)33)15-24(13-20)30(34,35)36/h4,7-8,11-15,18,25H,5-6,9-10,16-17H2,1-3H3. The summed E-state index contributed by atoms with van der Waals surface area (Å²) in [6.45, 7) is 3.34. The summed E-state index contributed by atoms with van der Waals surface area (Å²) in [5.74, 6) is 0.209. The number of nitrogens with zero attached hydrogens (tertiary/aromatic N) is 5. The van der Waals surface area contributed by atoms with E-state index in [4.69, 9.17) is 9.40 Å². The van der Waals surface area contributed by atoms with Crippen LogP contribution >= 0.6 is 0 Å². The molecular formula is C30H31F6N5O. The van der Waals surface area contributed by atoms with E-state index in [1.807, 2.05) is 30.3 Å². The third-order valence-electron chi connectivity index (χ3n) is 7.91. The SMILES string of the molecule is Cc1nnc(N(Cc2cc(C(F)(F)F)cc(C(F)(F)F)c2)Cc2cc3ccccc3nc2C(C)N(C)C2CCCC2)o1. The van der Waals surface area contributed by atoms with E-state index < -0.39 is 23.5 Å². The monoisotopic (exact) mass is 591 g/mol. The maximum atomic E-state index is 13.6. The summed E-state index contributed by atoms with van der Waals surface area (Å²) >= 11 is 0. The van der Waals surface area contributed by atoms with Crippen LogP contribution in [0.25, 0.3) is 10.9 Å². The van der Waals surface area contributed by atoms with Gasteiger partial charge in [-0.1, -0.05) is 36.1 Å². The minimum absolute atomic E-state index is 0.0191. The Morgan fingerprint density at radius 2 is 1.55 bits per heavy atom. The van der Waals surface area contributed by atoms with Crippen molar-refractivity contribution in [3.05, 3.63) is 82.4 Å². The van der Waals surface area contributed by atoms with Gasteiger partial charge in [-0.2, -0.15) is 26.3 Å². The Hall–Kier alpha value is -3.67. The lowest BCUT2D eigenvalue weighted by molar-refractivity contribution is -0.143. The van der Waals surface area contributed by atoms with Crippen LogP contribution < -0.4 is 4.90 Å². The number of para-hydroxylation sites is 1. The number of anilines is 1. The lowest BCUT2D eigenvalue weighted by Crippen LogP contribution is -2.33. The molecule has 1 unspecified atom stereocenters. The molecule has 0 spiro atoms. The number of aryl methyl sites for hydroxylation is 1. The number of halogens is 6. The van der Waals surface area contributed by atoms with Crippen molar-refractivity contribution < 1.29 is 30.8 Å². The summed E-state index contributed by atoms with van der Waals surface area (Å²) in [6.07, 6.45) is -5.46. The summed E-state index contributed by atoms with van der Waals surface area (Å²) < 4.78 is 87.3.